The predicted octanol–water partition coefficient (Wildman–Crippen LogP) is 0.871. The van der Waals surface area contributed by atoms with Crippen LogP contribution in [0.3, 0.4) is 0 Å². The van der Waals surface area contributed by atoms with Gasteiger partial charge in [-0.05, 0) is 45.0 Å². The molecule has 0 bridgehead atoms. The van der Waals surface area contributed by atoms with Crippen LogP contribution in [0.5, 0.6) is 5.75 Å². The van der Waals surface area contributed by atoms with Gasteiger partial charge in [-0.3, -0.25) is 4.79 Å². The summed E-state index contributed by atoms with van der Waals surface area (Å²) in [5, 5.41) is 11.4. The maximum absolute atomic E-state index is 13.1. The van der Waals surface area contributed by atoms with E-state index >= 15 is 0 Å². The molecule has 0 aliphatic carbocycles. The van der Waals surface area contributed by atoms with E-state index in [1.807, 2.05) is 0 Å². The Kier molecular flexibility index (Phi) is 5.86. The molecule has 1 N–H and O–H groups in total. The van der Waals surface area contributed by atoms with Gasteiger partial charge < -0.3 is 33.7 Å². The Labute approximate surface area is 169 Å². The molecule has 0 saturated carbocycles. The number of β-lactam (4-membered cyclic amide) rings is 1. The number of carbonyl (C=O) groups excluding carboxylic acids is 2. The van der Waals surface area contributed by atoms with Gasteiger partial charge in [0.1, 0.15) is 17.9 Å². The van der Waals surface area contributed by atoms with Gasteiger partial charge in [0.15, 0.2) is 11.9 Å². The quantitative estimate of drug-likeness (QED) is 0.523. The van der Waals surface area contributed by atoms with Gasteiger partial charge >= 0.3 is 5.97 Å². The van der Waals surface area contributed by atoms with Crippen molar-refractivity contribution in [1.29, 1.82) is 0 Å². The Hall–Kier alpha value is -2.20. The summed E-state index contributed by atoms with van der Waals surface area (Å²) < 4.78 is 26.9. The zero-order chi connectivity index (χ0) is 21.4. The van der Waals surface area contributed by atoms with E-state index in [9.17, 15) is 14.7 Å². The van der Waals surface area contributed by atoms with Gasteiger partial charge in [0.05, 0.1) is 20.3 Å². The summed E-state index contributed by atoms with van der Waals surface area (Å²) in [6.07, 6.45) is -2.18. The Morgan fingerprint density at radius 3 is 2.45 bits per heavy atom. The zero-order valence-electron chi connectivity index (χ0n) is 17.2. The molecule has 2 fully saturated rings. The van der Waals surface area contributed by atoms with Crippen molar-refractivity contribution in [2.24, 2.45) is 0 Å². The Morgan fingerprint density at radius 1 is 1.31 bits per heavy atom. The van der Waals surface area contributed by atoms with Crippen LogP contribution in [0.2, 0.25) is 0 Å². The second-order valence-corrected chi connectivity index (χ2v) is 7.38. The smallest absolute Gasteiger partial charge is 0.338 e. The molecule has 0 spiro atoms. The summed E-state index contributed by atoms with van der Waals surface area (Å²) in [5.41, 5.74) is -1.63. The fourth-order valence-electron chi connectivity index (χ4n) is 3.86. The highest BCUT2D eigenvalue weighted by atomic mass is 16.7. The van der Waals surface area contributed by atoms with E-state index < -0.39 is 41.5 Å². The number of hydrogen-bond donors (Lipinski definition) is 1. The van der Waals surface area contributed by atoms with E-state index in [1.54, 1.807) is 52.1 Å². The molecule has 0 radical (unpaired) electrons. The highest BCUT2D eigenvalue weighted by molar-refractivity contribution is 6.11. The number of rotatable bonds is 7. The largest absolute Gasteiger partial charge is 0.497 e. The summed E-state index contributed by atoms with van der Waals surface area (Å²) in [5.74, 6) is -1.76. The molecule has 9 heteroatoms. The Bertz CT molecular complexity index is 764. The van der Waals surface area contributed by atoms with Gasteiger partial charge in [-0.25, -0.2) is 4.79 Å². The Morgan fingerprint density at radius 2 is 1.97 bits per heavy atom. The molecule has 2 aliphatic rings. The van der Waals surface area contributed by atoms with Crippen LogP contribution in [0.25, 0.3) is 0 Å². The standard InChI is InChI=1S/C20H27NO8/c1-6-27-17(22)16(26-5)20(24)15(14-11-28-19(2,3)29-14)21(18(20)23)12-7-9-13(25-4)10-8-12/h7-10,14-16,24H,6,11H2,1-5H3/t14?,15-,16+,20-/m0/s1. The van der Waals surface area contributed by atoms with Gasteiger partial charge in [0, 0.05) is 12.8 Å². The van der Waals surface area contributed by atoms with Crippen LogP contribution in [0.4, 0.5) is 5.69 Å². The molecule has 1 unspecified atom stereocenters. The summed E-state index contributed by atoms with van der Waals surface area (Å²) in [6.45, 7) is 5.34. The summed E-state index contributed by atoms with van der Waals surface area (Å²) in [4.78, 5) is 26.9. The van der Waals surface area contributed by atoms with Crippen molar-refractivity contribution in [2.75, 3.05) is 32.3 Å². The zero-order valence-corrected chi connectivity index (χ0v) is 17.2. The topological polar surface area (TPSA) is 104 Å². The van der Waals surface area contributed by atoms with Gasteiger partial charge in [-0.15, -0.1) is 0 Å². The highest BCUT2D eigenvalue weighted by Crippen LogP contribution is 2.44. The third-order valence-corrected chi connectivity index (χ3v) is 5.16. The van der Waals surface area contributed by atoms with Crippen LogP contribution >= 0.6 is 0 Å². The lowest BCUT2D eigenvalue weighted by molar-refractivity contribution is -0.205. The first kappa shape index (κ1) is 21.5. The first-order valence-corrected chi connectivity index (χ1v) is 9.41. The van der Waals surface area contributed by atoms with E-state index in [-0.39, 0.29) is 13.2 Å². The lowest BCUT2D eigenvalue weighted by atomic mass is 9.74. The number of nitrogens with zero attached hydrogens (tertiary/aromatic N) is 1. The monoisotopic (exact) mass is 409 g/mol. The number of benzene rings is 1. The average Bonchev–Trinajstić information content (AvgIpc) is 3.05. The first-order chi connectivity index (χ1) is 13.7. The molecule has 0 aromatic heterocycles. The minimum Gasteiger partial charge on any atom is -0.497 e. The number of aliphatic hydroxyl groups is 1. The molecule has 3 rings (SSSR count). The number of esters is 1. The number of anilines is 1. The molecule has 1 aromatic rings. The fraction of sp³-hybridized carbons (Fsp3) is 0.600. The molecule has 1 aromatic carbocycles. The van der Waals surface area contributed by atoms with E-state index in [4.69, 9.17) is 23.7 Å². The molecule has 2 saturated heterocycles. The summed E-state index contributed by atoms with van der Waals surface area (Å²) >= 11 is 0. The number of carbonyl (C=O) groups is 2. The maximum Gasteiger partial charge on any atom is 0.338 e. The minimum absolute atomic E-state index is 0.0892. The van der Waals surface area contributed by atoms with Gasteiger partial charge in [-0.1, -0.05) is 0 Å². The van der Waals surface area contributed by atoms with Crippen LogP contribution in [0, 0.1) is 0 Å². The van der Waals surface area contributed by atoms with Crippen molar-refractivity contribution in [3.8, 4) is 5.75 Å². The first-order valence-electron chi connectivity index (χ1n) is 9.41. The van der Waals surface area contributed by atoms with Gasteiger partial charge in [0.25, 0.3) is 5.91 Å². The number of ether oxygens (including phenoxy) is 5. The summed E-state index contributed by atoms with van der Waals surface area (Å²) in [6, 6.07) is 5.87. The van der Waals surface area contributed by atoms with Crippen molar-refractivity contribution in [2.45, 2.75) is 50.4 Å². The van der Waals surface area contributed by atoms with Crippen LogP contribution in [-0.2, 0) is 28.5 Å². The van der Waals surface area contributed by atoms with Crippen LogP contribution < -0.4 is 9.64 Å². The molecule has 4 atom stereocenters. The van der Waals surface area contributed by atoms with E-state index in [0.29, 0.717) is 11.4 Å². The average molecular weight is 409 g/mol. The van der Waals surface area contributed by atoms with Crippen LogP contribution in [-0.4, -0.2) is 74.1 Å². The highest BCUT2D eigenvalue weighted by Gasteiger charge is 2.70. The van der Waals surface area contributed by atoms with Crippen molar-refractivity contribution >= 4 is 17.6 Å². The predicted molar refractivity (Wildman–Crippen MR) is 102 cm³/mol. The second kappa shape index (κ2) is 7.91. The van der Waals surface area contributed by atoms with Crippen molar-refractivity contribution in [3.63, 3.8) is 0 Å². The Balaban J connectivity index is 1.99. The molecular formula is C20H27NO8. The number of hydrogen-bond acceptors (Lipinski definition) is 8. The molecule has 2 heterocycles. The lowest BCUT2D eigenvalue weighted by Crippen LogP contribution is -2.83. The normalized spacial score (nSPS) is 29.3. The third-order valence-electron chi connectivity index (χ3n) is 5.16. The summed E-state index contributed by atoms with van der Waals surface area (Å²) in [7, 11) is 2.79. The van der Waals surface area contributed by atoms with Crippen molar-refractivity contribution < 1.29 is 38.4 Å². The van der Waals surface area contributed by atoms with E-state index in [0.717, 1.165) is 0 Å². The lowest BCUT2D eigenvalue weighted by Gasteiger charge is -2.55. The molecule has 9 nitrogen and oxygen atoms in total. The SMILES string of the molecule is CCOC(=O)[C@@H](OC)[C@]1(O)C(=O)N(c2ccc(OC)cc2)[C@H]1C1COC(C)(C)O1. The molecule has 1 amide bonds. The third kappa shape index (κ3) is 3.59. The van der Waals surface area contributed by atoms with Crippen molar-refractivity contribution in [1.82, 2.24) is 0 Å². The molecule has 2 aliphatic heterocycles. The van der Waals surface area contributed by atoms with Crippen molar-refractivity contribution in [3.05, 3.63) is 24.3 Å². The minimum atomic E-state index is -2.16. The van der Waals surface area contributed by atoms with Gasteiger partial charge in [0.2, 0.25) is 5.60 Å². The van der Waals surface area contributed by atoms with E-state index in [1.165, 1.54) is 12.0 Å². The molecular weight excluding hydrogens is 382 g/mol. The number of amides is 1. The maximum atomic E-state index is 13.1. The van der Waals surface area contributed by atoms with Crippen LogP contribution in [0.15, 0.2) is 24.3 Å². The fourth-order valence-corrected chi connectivity index (χ4v) is 3.86. The van der Waals surface area contributed by atoms with E-state index in [2.05, 4.69) is 0 Å². The molecule has 29 heavy (non-hydrogen) atoms. The molecule has 160 valence electrons. The second-order valence-electron chi connectivity index (χ2n) is 7.38. The van der Waals surface area contributed by atoms with Gasteiger partial charge in [-0.2, -0.15) is 0 Å². The number of methoxy groups -OCH3 is 2. The van der Waals surface area contributed by atoms with Crippen LogP contribution in [0.1, 0.15) is 20.8 Å².